The molecule has 2 unspecified atom stereocenters. The number of para-hydroxylation sites is 1. The number of hydrogen-bond acceptors (Lipinski definition) is 4. The summed E-state index contributed by atoms with van der Waals surface area (Å²) in [5, 5.41) is 29.7. The summed E-state index contributed by atoms with van der Waals surface area (Å²) in [4.78, 5) is 0. The Morgan fingerprint density at radius 1 is 1.00 bits per heavy atom. The highest BCUT2D eigenvalue weighted by atomic mass is 16.3. The van der Waals surface area contributed by atoms with Crippen LogP contribution in [0, 0.1) is 11.3 Å². The Morgan fingerprint density at radius 2 is 1.74 bits per heavy atom. The molecule has 0 saturated carbocycles. The lowest BCUT2D eigenvalue weighted by molar-refractivity contribution is 0.0529. The number of rotatable bonds is 2. The van der Waals surface area contributed by atoms with Gasteiger partial charge in [-0.15, -0.1) is 0 Å². The Kier molecular flexibility index (Phi) is 2.71. The highest BCUT2D eigenvalue weighted by molar-refractivity contribution is 6.05. The Morgan fingerprint density at radius 3 is 2.53 bits per heavy atom. The second kappa shape index (κ2) is 4.39. The molecule has 19 heavy (non-hydrogen) atoms. The van der Waals surface area contributed by atoms with Gasteiger partial charge >= 0.3 is 0 Å². The van der Waals surface area contributed by atoms with Crippen LogP contribution in [0.1, 0.15) is 11.7 Å². The van der Waals surface area contributed by atoms with Crippen molar-refractivity contribution in [2.75, 3.05) is 0 Å². The second-order valence-electron chi connectivity index (χ2n) is 4.37. The SMILES string of the molecule is N#CC(O)C(O)c1ccc2oc3ccccc3c2c1. The quantitative estimate of drug-likeness (QED) is 0.688. The van der Waals surface area contributed by atoms with Crippen LogP contribution in [0.25, 0.3) is 21.9 Å². The Bertz CT molecular complexity index is 785. The molecule has 0 amide bonds. The average molecular weight is 253 g/mol. The number of nitriles is 1. The van der Waals surface area contributed by atoms with Crippen molar-refractivity contribution in [3.05, 3.63) is 48.0 Å². The molecule has 2 N–H and O–H groups in total. The predicted octanol–water partition coefficient (Wildman–Crippen LogP) is 2.50. The third-order valence-electron chi connectivity index (χ3n) is 3.17. The second-order valence-corrected chi connectivity index (χ2v) is 4.37. The molecule has 2 atom stereocenters. The van der Waals surface area contributed by atoms with Gasteiger partial charge in [-0.2, -0.15) is 5.26 Å². The predicted molar refractivity (Wildman–Crippen MR) is 70.3 cm³/mol. The minimum absolute atomic E-state index is 0.494. The standard InChI is InChI=1S/C15H11NO3/c16-8-12(17)15(18)9-5-6-14-11(7-9)10-3-1-2-4-13(10)19-14/h1-7,12,15,17-18H. The molecule has 0 aliphatic carbocycles. The van der Waals surface area contributed by atoms with Crippen molar-refractivity contribution in [3.63, 3.8) is 0 Å². The Hall–Kier alpha value is -2.35. The third-order valence-corrected chi connectivity index (χ3v) is 3.17. The van der Waals surface area contributed by atoms with Crippen LogP contribution in [0.5, 0.6) is 0 Å². The molecule has 0 bridgehead atoms. The minimum Gasteiger partial charge on any atom is -0.456 e. The minimum atomic E-state index is -1.43. The van der Waals surface area contributed by atoms with Gasteiger partial charge < -0.3 is 14.6 Å². The summed E-state index contributed by atoms with van der Waals surface area (Å²) in [7, 11) is 0. The number of aliphatic hydroxyl groups is 2. The van der Waals surface area contributed by atoms with Crippen LogP contribution in [0.15, 0.2) is 46.9 Å². The van der Waals surface area contributed by atoms with Crippen molar-refractivity contribution in [1.82, 2.24) is 0 Å². The molecule has 4 nitrogen and oxygen atoms in total. The fourth-order valence-corrected chi connectivity index (χ4v) is 2.18. The van der Waals surface area contributed by atoms with Gasteiger partial charge in [0.2, 0.25) is 0 Å². The van der Waals surface area contributed by atoms with Crippen molar-refractivity contribution in [1.29, 1.82) is 5.26 Å². The highest BCUT2D eigenvalue weighted by Gasteiger charge is 2.18. The normalized spacial score (nSPS) is 14.4. The average Bonchev–Trinajstić information content (AvgIpc) is 2.83. The van der Waals surface area contributed by atoms with Gasteiger partial charge in [0.15, 0.2) is 6.10 Å². The van der Waals surface area contributed by atoms with Gasteiger partial charge in [-0.05, 0) is 23.8 Å². The smallest absolute Gasteiger partial charge is 0.170 e. The topological polar surface area (TPSA) is 77.4 Å². The number of aliphatic hydroxyl groups excluding tert-OH is 2. The van der Waals surface area contributed by atoms with Crippen molar-refractivity contribution < 1.29 is 14.6 Å². The van der Waals surface area contributed by atoms with Gasteiger partial charge in [0.05, 0.1) is 6.07 Å². The van der Waals surface area contributed by atoms with Gasteiger partial charge in [-0.1, -0.05) is 24.3 Å². The van der Waals surface area contributed by atoms with Crippen LogP contribution in [0.3, 0.4) is 0 Å². The first-order valence-corrected chi connectivity index (χ1v) is 5.87. The van der Waals surface area contributed by atoms with E-state index in [4.69, 9.17) is 9.68 Å². The molecule has 3 rings (SSSR count). The van der Waals surface area contributed by atoms with E-state index in [2.05, 4.69) is 0 Å². The van der Waals surface area contributed by atoms with E-state index >= 15 is 0 Å². The van der Waals surface area contributed by atoms with Gasteiger partial charge in [-0.3, -0.25) is 0 Å². The first-order valence-electron chi connectivity index (χ1n) is 5.87. The summed E-state index contributed by atoms with van der Waals surface area (Å²) in [5.74, 6) is 0. The molecular weight excluding hydrogens is 242 g/mol. The molecule has 4 heteroatoms. The number of hydrogen-bond donors (Lipinski definition) is 2. The van der Waals surface area contributed by atoms with Crippen molar-refractivity contribution in [2.45, 2.75) is 12.2 Å². The van der Waals surface area contributed by atoms with Gasteiger partial charge in [0.1, 0.15) is 17.3 Å². The Balaban J connectivity index is 2.20. The summed E-state index contributed by atoms with van der Waals surface area (Å²) in [6, 6.07) is 14.3. The van der Waals surface area contributed by atoms with Gasteiger partial charge in [0.25, 0.3) is 0 Å². The molecule has 0 radical (unpaired) electrons. The van der Waals surface area contributed by atoms with E-state index in [1.807, 2.05) is 24.3 Å². The van der Waals surface area contributed by atoms with E-state index in [1.165, 1.54) is 0 Å². The lowest BCUT2D eigenvalue weighted by atomic mass is 10.0. The Labute approximate surface area is 109 Å². The van der Waals surface area contributed by atoms with E-state index < -0.39 is 12.2 Å². The summed E-state index contributed by atoms with van der Waals surface area (Å²) in [6.45, 7) is 0. The molecule has 0 spiro atoms. The first-order chi connectivity index (χ1) is 9.20. The molecule has 3 aromatic rings. The molecule has 94 valence electrons. The van der Waals surface area contributed by atoms with Gasteiger partial charge in [0, 0.05) is 10.8 Å². The highest BCUT2D eigenvalue weighted by Crippen LogP contribution is 2.31. The van der Waals surface area contributed by atoms with Crippen LogP contribution in [-0.2, 0) is 0 Å². The van der Waals surface area contributed by atoms with E-state index in [0.717, 1.165) is 16.4 Å². The number of furan rings is 1. The van der Waals surface area contributed by atoms with Crippen LogP contribution in [-0.4, -0.2) is 16.3 Å². The van der Waals surface area contributed by atoms with Crippen molar-refractivity contribution >= 4 is 21.9 Å². The zero-order valence-corrected chi connectivity index (χ0v) is 9.95. The summed E-state index contributed by atoms with van der Waals surface area (Å²) < 4.78 is 5.66. The lowest BCUT2D eigenvalue weighted by Crippen LogP contribution is -2.15. The van der Waals surface area contributed by atoms with Crippen molar-refractivity contribution in [2.24, 2.45) is 0 Å². The van der Waals surface area contributed by atoms with E-state index in [1.54, 1.807) is 24.3 Å². The summed E-state index contributed by atoms with van der Waals surface area (Å²) in [5.41, 5.74) is 1.97. The number of fused-ring (bicyclic) bond motifs is 3. The van der Waals surface area contributed by atoms with E-state index in [0.29, 0.717) is 11.1 Å². The van der Waals surface area contributed by atoms with E-state index in [-0.39, 0.29) is 0 Å². The molecular formula is C15H11NO3. The molecule has 1 aromatic heterocycles. The maximum Gasteiger partial charge on any atom is 0.170 e. The van der Waals surface area contributed by atoms with Crippen LogP contribution in [0.2, 0.25) is 0 Å². The van der Waals surface area contributed by atoms with Gasteiger partial charge in [-0.25, -0.2) is 0 Å². The number of benzene rings is 2. The maximum absolute atomic E-state index is 9.85. The molecule has 0 fully saturated rings. The monoisotopic (exact) mass is 253 g/mol. The molecule has 1 heterocycles. The van der Waals surface area contributed by atoms with Crippen LogP contribution >= 0.6 is 0 Å². The lowest BCUT2D eigenvalue weighted by Gasteiger charge is -2.11. The zero-order chi connectivity index (χ0) is 13.4. The number of nitrogens with zero attached hydrogens (tertiary/aromatic N) is 1. The zero-order valence-electron chi connectivity index (χ0n) is 9.95. The largest absolute Gasteiger partial charge is 0.456 e. The molecule has 0 saturated heterocycles. The fraction of sp³-hybridized carbons (Fsp3) is 0.133. The summed E-state index contributed by atoms with van der Waals surface area (Å²) >= 11 is 0. The van der Waals surface area contributed by atoms with E-state index in [9.17, 15) is 10.2 Å². The van der Waals surface area contributed by atoms with Crippen LogP contribution < -0.4 is 0 Å². The molecule has 0 aliphatic heterocycles. The molecule has 0 aliphatic rings. The fourth-order valence-electron chi connectivity index (χ4n) is 2.18. The summed E-state index contributed by atoms with van der Waals surface area (Å²) in [6.07, 6.45) is -2.65. The molecule has 2 aromatic carbocycles. The van der Waals surface area contributed by atoms with Crippen molar-refractivity contribution in [3.8, 4) is 6.07 Å². The maximum atomic E-state index is 9.85. The third kappa shape index (κ3) is 1.85. The van der Waals surface area contributed by atoms with Crippen LogP contribution in [0.4, 0.5) is 0 Å². The first kappa shape index (κ1) is 11.7.